The summed E-state index contributed by atoms with van der Waals surface area (Å²) in [7, 11) is 1.46. The number of imide groups is 1. The van der Waals surface area contributed by atoms with E-state index in [1.807, 2.05) is 0 Å². The normalized spacial score (nSPS) is 14.3. The standard InChI is InChI=1S/C18H15F3N4O4/c1-22-16(27)14-8-23-7-6-11(14)9-24-10-15(26)25(17(24)28)12-2-4-13(5-3-12)29-18(19,20)21/h2-8H,9-10H2,1H3,(H,22,27). The fourth-order valence-electron chi connectivity index (χ4n) is 2.83. The Morgan fingerprint density at radius 1 is 1.21 bits per heavy atom. The molecule has 0 unspecified atom stereocenters. The second-order valence-electron chi connectivity index (χ2n) is 6.02. The Morgan fingerprint density at radius 3 is 2.52 bits per heavy atom. The molecule has 1 saturated heterocycles. The molecule has 2 aromatic rings. The van der Waals surface area contributed by atoms with Gasteiger partial charge in [0, 0.05) is 26.0 Å². The number of anilines is 1. The first-order valence-electron chi connectivity index (χ1n) is 8.32. The Morgan fingerprint density at radius 2 is 1.90 bits per heavy atom. The second kappa shape index (κ2) is 7.78. The molecule has 0 bridgehead atoms. The van der Waals surface area contributed by atoms with Crippen LogP contribution in [0, 0.1) is 0 Å². The highest BCUT2D eigenvalue weighted by atomic mass is 19.4. The molecule has 29 heavy (non-hydrogen) atoms. The molecule has 1 aliphatic rings. The quantitative estimate of drug-likeness (QED) is 0.767. The number of alkyl halides is 3. The van der Waals surface area contributed by atoms with Crippen LogP contribution in [0.1, 0.15) is 15.9 Å². The number of ether oxygens (including phenoxy) is 1. The number of urea groups is 1. The summed E-state index contributed by atoms with van der Waals surface area (Å²) in [6, 6.07) is 5.30. The van der Waals surface area contributed by atoms with Gasteiger partial charge in [-0.25, -0.2) is 9.69 Å². The SMILES string of the molecule is CNC(=O)c1cnccc1CN1CC(=O)N(c2ccc(OC(F)(F)F)cc2)C1=O. The van der Waals surface area contributed by atoms with Gasteiger partial charge in [0.2, 0.25) is 0 Å². The first kappa shape index (κ1) is 20.1. The van der Waals surface area contributed by atoms with Crippen LogP contribution in [0.25, 0.3) is 0 Å². The van der Waals surface area contributed by atoms with Crippen molar-refractivity contribution in [3.05, 3.63) is 53.9 Å². The number of aromatic nitrogens is 1. The minimum Gasteiger partial charge on any atom is -0.406 e. The first-order chi connectivity index (χ1) is 13.7. The molecule has 4 amide bonds. The Bertz CT molecular complexity index is 947. The fraction of sp³-hybridized carbons (Fsp3) is 0.222. The molecule has 0 aliphatic carbocycles. The minimum absolute atomic E-state index is 0.0123. The molecule has 1 aliphatic heterocycles. The van der Waals surface area contributed by atoms with E-state index < -0.39 is 24.1 Å². The maximum absolute atomic E-state index is 12.7. The number of rotatable bonds is 5. The molecular formula is C18H15F3N4O4. The number of nitrogens with zero attached hydrogens (tertiary/aromatic N) is 3. The van der Waals surface area contributed by atoms with Crippen molar-refractivity contribution in [1.29, 1.82) is 0 Å². The lowest BCUT2D eigenvalue weighted by Crippen LogP contribution is -2.33. The van der Waals surface area contributed by atoms with E-state index in [0.717, 1.165) is 17.0 Å². The molecule has 0 spiro atoms. The topological polar surface area (TPSA) is 91.8 Å². The van der Waals surface area contributed by atoms with Crippen LogP contribution < -0.4 is 15.0 Å². The molecule has 0 atom stereocenters. The molecule has 0 saturated carbocycles. The lowest BCUT2D eigenvalue weighted by molar-refractivity contribution is -0.274. The monoisotopic (exact) mass is 408 g/mol. The van der Waals surface area contributed by atoms with Crippen molar-refractivity contribution in [2.75, 3.05) is 18.5 Å². The summed E-state index contributed by atoms with van der Waals surface area (Å²) < 4.78 is 40.6. The number of carbonyl (C=O) groups is 3. The van der Waals surface area contributed by atoms with Crippen LogP contribution in [-0.4, -0.2) is 47.7 Å². The largest absolute Gasteiger partial charge is 0.573 e. The Hall–Kier alpha value is -3.63. The number of nitrogens with one attached hydrogen (secondary N) is 1. The molecule has 2 heterocycles. The Kier molecular flexibility index (Phi) is 5.39. The van der Waals surface area contributed by atoms with E-state index >= 15 is 0 Å². The lowest BCUT2D eigenvalue weighted by Gasteiger charge is -2.18. The van der Waals surface area contributed by atoms with E-state index in [2.05, 4.69) is 15.0 Å². The maximum Gasteiger partial charge on any atom is 0.573 e. The highest BCUT2D eigenvalue weighted by molar-refractivity contribution is 6.19. The van der Waals surface area contributed by atoms with Gasteiger partial charge in [-0.15, -0.1) is 13.2 Å². The summed E-state index contributed by atoms with van der Waals surface area (Å²) in [5.74, 6) is -1.40. The third kappa shape index (κ3) is 4.45. The maximum atomic E-state index is 12.7. The van der Waals surface area contributed by atoms with E-state index in [1.165, 1.54) is 36.5 Å². The second-order valence-corrected chi connectivity index (χ2v) is 6.02. The average Bonchev–Trinajstić information content (AvgIpc) is 2.94. The number of halogens is 3. The molecule has 8 nitrogen and oxygen atoms in total. The van der Waals surface area contributed by atoms with E-state index in [4.69, 9.17) is 0 Å². The molecule has 1 aromatic heterocycles. The van der Waals surface area contributed by atoms with Crippen molar-refractivity contribution in [3.63, 3.8) is 0 Å². The molecule has 3 rings (SSSR count). The van der Waals surface area contributed by atoms with E-state index in [9.17, 15) is 27.6 Å². The van der Waals surface area contributed by atoms with Crippen molar-refractivity contribution < 1.29 is 32.3 Å². The number of benzene rings is 1. The van der Waals surface area contributed by atoms with Crippen LogP contribution in [0.2, 0.25) is 0 Å². The number of hydrogen-bond donors (Lipinski definition) is 1. The third-order valence-corrected chi connectivity index (χ3v) is 4.11. The van der Waals surface area contributed by atoms with E-state index in [1.54, 1.807) is 6.07 Å². The van der Waals surface area contributed by atoms with Gasteiger partial charge in [-0.1, -0.05) is 0 Å². The summed E-state index contributed by atoms with van der Waals surface area (Å²) in [5.41, 5.74) is 0.872. The molecule has 0 radical (unpaired) electrons. The summed E-state index contributed by atoms with van der Waals surface area (Å²) in [6.45, 7) is -0.253. The predicted octanol–water partition coefficient (Wildman–Crippen LogP) is 2.31. The van der Waals surface area contributed by atoms with Gasteiger partial charge in [-0.05, 0) is 35.9 Å². The Labute approximate surface area is 162 Å². The predicted molar refractivity (Wildman–Crippen MR) is 94.0 cm³/mol. The van der Waals surface area contributed by atoms with Crippen molar-refractivity contribution in [2.24, 2.45) is 0 Å². The zero-order valence-corrected chi connectivity index (χ0v) is 15.1. The van der Waals surface area contributed by atoms with Gasteiger partial charge in [-0.2, -0.15) is 0 Å². The van der Waals surface area contributed by atoms with Gasteiger partial charge in [0.15, 0.2) is 0 Å². The van der Waals surface area contributed by atoms with E-state index in [-0.39, 0.29) is 30.2 Å². The van der Waals surface area contributed by atoms with Gasteiger partial charge < -0.3 is 15.0 Å². The minimum atomic E-state index is -4.84. The van der Waals surface area contributed by atoms with Gasteiger partial charge >= 0.3 is 12.4 Å². The smallest absolute Gasteiger partial charge is 0.406 e. The number of amides is 4. The van der Waals surface area contributed by atoms with Crippen LogP contribution in [0.15, 0.2) is 42.7 Å². The highest BCUT2D eigenvalue weighted by Gasteiger charge is 2.38. The number of pyridine rings is 1. The van der Waals surface area contributed by atoms with Crippen molar-refractivity contribution in [3.8, 4) is 5.75 Å². The average molecular weight is 408 g/mol. The van der Waals surface area contributed by atoms with Crippen molar-refractivity contribution in [2.45, 2.75) is 12.9 Å². The van der Waals surface area contributed by atoms with Crippen molar-refractivity contribution in [1.82, 2.24) is 15.2 Å². The molecule has 1 aromatic carbocycles. The van der Waals surface area contributed by atoms with Gasteiger partial charge in [-0.3, -0.25) is 14.6 Å². The third-order valence-electron chi connectivity index (χ3n) is 4.11. The highest BCUT2D eigenvalue weighted by Crippen LogP contribution is 2.28. The summed E-state index contributed by atoms with van der Waals surface area (Å²) in [5, 5.41) is 2.47. The molecular weight excluding hydrogens is 393 g/mol. The van der Waals surface area contributed by atoms with E-state index in [0.29, 0.717) is 5.56 Å². The Balaban J connectivity index is 1.78. The van der Waals surface area contributed by atoms with Crippen LogP contribution in [0.4, 0.5) is 23.7 Å². The van der Waals surface area contributed by atoms with Crippen LogP contribution in [0.5, 0.6) is 5.75 Å². The van der Waals surface area contributed by atoms with Gasteiger partial charge in [0.25, 0.3) is 11.8 Å². The summed E-state index contributed by atoms with van der Waals surface area (Å²) in [4.78, 5) is 42.9. The van der Waals surface area contributed by atoms with Crippen LogP contribution in [0.3, 0.4) is 0 Å². The zero-order valence-electron chi connectivity index (χ0n) is 15.1. The molecule has 11 heteroatoms. The fourth-order valence-corrected chi connectivity index (χ4v) is 2.83. The van der Waals surface area contributed by atoms with Crippen molar-refractivity contribution >= 4 is 23.5 Å². The first-order valence-corrected chi connectivity index (χ1v) is 8.32. The number of carbonyl (C=O) groups excluding carboxylic acids is 3. The molecule has 152 valence electrons. The summed E-state index contributed by atoms with van der Waals surface area (Å²) in [6.07, 6.45) is -2.03. The van der Waals surface area contributed by atoms with Crippen LogP contribution in [-0.2, 0) is 11.3 Å². The zero-order chi connectivity index (χ0) is 21.2. The van der Waals surface area contributed by atoms with Crippen LogP contribution >= 0.6 is 0 Å². The number of hydrogen-bond acceptors (Lipinski definition) is 5. The van der Waals surface area contributed by atoms with Gasteiger partial charge in [0.05, 0.1) is 11.3 Å². The molecule has 1 N–H and O–H groups in total. The van der Waals surface area contributed by atoms with Gasteiger partial charge in [0.1, 0.15) is 12.3 Å². The molecule has 1 fully saturated rings. The lowest BCUT2D eigenvalue weighted by atomic mass is 10.1. The summed E-state index contributed by atoms with van der Waals surface area (Å²) >= 11 is 0.